The molecule has 0 aliphatic rings. The third kappa shape index (κ3) is 5.31. The molecule has 0 unspecified atom stereocenters. The summed E-state index contributed by atoms with van der Waals surface area (Å²) in [5.41, 5.74) is 1.37. The predicted octanol–water partition coefficient (Wildman–Crippen LogP) is 3.46. The maximum absolute atomic E-state index is 12.8. The highest BCUT2D eigenvalue weighted by Gasteiger charge is 2.18. The number of carbonyl (C=O) groups is 1. The number of amides is 1. The Morgan fingerprint density at radius 3 is 2.83 bits per heavy atom. The summed E-state index contributed by atoms with van der Waals surface area (Å²) in [4.78, 5) is 20.3. The second-order valence-corrected chi connectivity index (χ2v) is 10.2. The zero-order valence-corrected chi connectivity index (χ0v) is 19.1. The fourth-order valence-electron chi connectivity index (χ4n) is 3.03. The van der Waals surface area contributed by atoms with Crippen LogP contribution in [-0.2, 0) is 27.9 Å². The fourth-order valence-corrected chi connectivity index (χ4v) is 5.23. The maximum atomic E-state index is 12.8. The van der Waals surface area contributed by atoms with Gasteiger partial charge in [0.15, 0.2) is 5.16 Å². The van der Waals surface area contributed by atoms with Gasteiger partial charge in [-0.15, -0.1) is 17.9 Å². The Labute approximate surface area is 184 Å². The van der Waals surface area contributed by atoms with E-state index in [4.69, 9.17) is 5.14 Å². The molecule has 0 radical (unpaired) electrons. The second-order valence-electron chi connectivity index (χ2n) is 6.67. The van der Waals surface area contributed by atoms with E-state index in [-0.39, 0.29) is 16.6 Å². The number of nitrogens with zero attached hydrogens (tertiary/aromatic N) is 3. The lowest BCUT2D eigenvalue weighted by Gasteiger charge is -2.20. The molecule has 0 aliphatic carbocycles. The molecule has 160 valence electrons. The van der Waals surface area contributed by atoms with Crippen LogP contribution in [0.4, 0.5) is 0 Å². The van der Waals surface area contributed by atoms with Crippen LogP contribution in [0, 0.1) is 0 Å². The first-order valence-electron chi connectivity index (χ1n) is 9.40. The lowest BCUT2D eigenvalue weighted by atomic mass is 10.3. The van der Waals surface area contributed by atoms with E-state index >= 15 is 0 Å². The van der Waals surface area contributed by atoms with Crippen molar-refractivity contribution in [1.29, 1.82) is 0 Å². The number of thiophene rings is 1. The zero-order chi connectivity index (χ0) is 21.7. The molecule has 0 spiro atoms. The van der Waals surface area contributed by atoms with Gasteiger partial charge in [0.05, 0.1) is 28.2 Å². The van der Waals surface area contributed by atoms with Crippen molar-refractivity contribution in [1.82, 2.24) is 14.5 Å². The van der Waals surface area contributed by atoms with E-state index in [0.717, 1.165) is 16.8 Å². The minimum absolute atomic E-state index is 0.00590. The van der Waals surface area contributed by atoms with Crippen molar-refractivity contribution in [2.24, 2.45) is 5.14 Å². The normalized spacial score (nSPS) is 11.7. The molecule has 2 N–H and O–H groups in total. The highest BCUT2D eigenvalue weighted by molar-refractivity contribution is 7.99. The first kappa shape index (κ1) is 22.5. The topological polar surface area (TPSA) is 98.3 Å². The van der Waals surface area contributed by atoms with E-state index in [1.807, 2.05) is 22.1 Å². The zero-order valence-electron chi connectivity index (χ0n) is 16.7. The SMILES string of the molecule is C=CCN(Cc1cccs1)C(=O)CSc1nc2cc(S(N)(=O)=O)ccc2n1CCC. The monoisotopic (exact) mass is 464 g/mol. The molecule has 30 heavy (non-hydrogen) atoms. The molecule has 0 aliphatic heterocycles. The second kappa shape index (κ2) is 9.78. The molecule has 0 saturated heterocycles. The molecule has 3 rings (SSSR count). The van der Waals surface area contributed by atoms with Gasteiger partial charge >= 0.3 is 0 Å². The molecule has 0 atom stereocenters. The van der Waals surface area contributed by atoms with Crippen LogP contribution in [-0.4, -0.2) is 41.1 Å². The molecule has 0 bridgehead atoms. The molecule has 1 aromatic carbocycles. The first-order chi connectivity index (χ1) is 14.3. The molecule has 10 heteroatoms. The standard InChI is InChI=1S/C20H24N4O3S3/c1-3-9-23(13-15-6-5-11-28-15)19(25)14-29-20-22-17-12-16(30(21,26)27)7-8-18(17)24(20)10-4-2/h3,5-8,11-12H,1,4,9-10,13-14H2,2H3,(H2,21,26,27). The smallest absolute Gasteiger partial charge is 0.238 e. The summed E-state index contributed by atoms with van der Waals surface area (Å²) < 4.78 is 25.3. The summed E-state index contributed by atoms with van der Waals surface area (Å²) >= 11 is 2.96. The Morgan fingerprint density at radius 1 is 1.40 bits per heavy atom. The van der Waals surface area contributed by atoms with E-state index in [1.165, 1.54) is 23.9 Å². The molecule has 3 aromatic rings. The highest BCUT2D eigenvalue weighted by atomic mass is 32.2. The Bertz CT molecular complexity index is 1140. The number of carbonyl (C=O) groups excluding carboxylic acids is 1. The average Bonchev–Trinajstić information content (AvgIpc) is 3.33. The summed E-state index contributed by atoms with van der Waals surface area (Å²) in [6, 6.07) is 8.64. The van der Waals surface area contributed by atoms with Crippen molar-refractivity contribution in [3.63, 3.8) is 0 Å². The van der Waals surface area contributed by atoms with Crippen LogP contribution >= 0.6 is 23.1 Å². The van der Waals surface area contributed by atoms with E-state index in [2.05, 4.69) is 18.5 Å². The maximum Gasteiger partial charge on any atom is 0.238 e. The lowest BCUT2D eigenvalue weighted by molar-refractivity contribution is -0.128. The number of sulfonamides is 1. The number of aryl methyl sites for hydroxylation is 1. The van der Waals surface area contributed by atoms with Gasteiger partial charge in [0.2, 0.25) is 15.9 Å². The summed E-state index contributed by atoms with van der Waals surface area (Å²) in [5.74, 6) is 0.225. The molecule has 2 aromatic heterocycles. The van der Waals surface area contributed by atoms with Crippen molar-refractivity contribution in [2.45, 2.75) is 36.5 Å². The van der Waals surface area contributed by atoms with E-state index in [1.54, 1.807) is 28.4 Å². The quantitative estimate of drug-likeness (QED) is 0.366. The van der Waals surface area contributed by atoms with Gasteiger partial charge in [-0.2, -0.15) is 0 Å². The number of nitrogens with two attached hydrogens (primary N) is 1. The van der Waals surface area contributed by atoms with Gasteiger partial charge in [-0.1, -0.05) is 30.8 Å². The van der Waals surface area contributed by atoms with E-state index < -0.39 is 10.0 Å². The third-order valence-corrected chi connectivity index (χ3v) is 7.15. The summed E-state index contributed by atoms with van der Waals surface area (Å²) in [6.45, 7) is 7.54. The summed E-state index contributed by atoms with van der Waals surface area (Å²) in [5, 5.41) is 7.91. The first-order valence-corrected chi connectivity index (χ1v) is 12.8. The van der Waals surface area contributed by atoms with Crippen molar-refractivity contribution >= 4 is 50.1 Å². The highest BCUT2D eigenvalue weighted by Crippen LogP contribution is 2.27. The van der Waals surface area contributed by atoms with Crippen LogP contribution in [0.15, 0.2) is 58.4 Å². The van der Waals surface area contributed by atoms with Crippen LogP contribution in [0.25, 0.3) is 11.0 Å². The van der Waals surface area contributed by atoms with Gasteiger partial charge in [-0.25, -0.2) is 18.5 Å². The number of imidazole rings is 1. The van der Waals surface area contributed by atoms with Crippen LogP contribution in [0.2, 0.25) is 0 Å². The number of fused-ring (bicyclic) bond motifs is 1. The average molecular weight is 465 g/mol. The Kier molecular flexibility index (Phi) is 7.35. The van der Waals surface area contributed by atoms with Crippen molar-refractivity contribution in [3.8, 4) is 0 Å². The number of benzene rings is 1. The molecule has 0 fully saturated rings. The predicted molar refractivity (Wildman–Crippen MR) is 122 cm³/mol. The fraction of sp³-hybridized carbons (Fsp3) is 0.300. The molecular weight excluding hydrogens is 440 g/mol. The van der Waals surface area contributed by atoms with Crippen molar-refractivity contribution in [3.05, 3.63) is 53.2 Å². The minimum Gasteiger partial charge on any atom is -0.333 e. The van der Waals surface area contributed by atoms with Crippen LogP contribution in [0.3, 0.4) is 0 Å². The molecule has 2 heterocycles. The number of primary sulfonamides is 1. The van der Waals surface area contributed by atoms with Crippen LogP contribution < -0.4 is 5.14 Å². The number of aromatic nitrogens is 2. The van der Waals surface area contributed by atoms with Gasteiger partial charge in [0.25, 0.3) is 0 Å². The molecule has 0 saturated carbocycles. The van der Waals surface area contributed by atoms with Crippen LogP contribution in [0.5, 0.6) is 0 Å². The van der Waals surface area contributed by atoms with Crippen molar-refractivity contribution in [2.75, 3.05) is 12.3 Å². The van der Waals surface area contributed by atoms with E-state index in [9.17, 15) is 13.2 Å². The number of thioether (sulfide) groups is 1. The van der Waals surface area contributed by atoms with Gasteiger partial charge in [0, 0.05) is 18.0 Å². The third-order valence-electron chi connectivity index (χ3n) is 4.41. The van der Waals surface area contributed by atoms with Gasteiger partial charge in [-0.05, 0) is 36.1 Å². The molecule has 1 amide bonds. The largest absolute Gasteiger partial charge is 0.333 e. The summed E-state index contributed by atoms with van der Waals surface area (Å²) in [7, 11) is -3.80. The van der Waals surface area contributed by atoms with Gasteiger partial charge in [0.1, 0.15) is 0 Å². The Balaban J connectivity index is 1.81. The molecule has 7 nitrogen and oxygen atoms in total. The summed E-state index contributed by atoms with van der Waals surface area (Å²) in [6.07, 6.45) is 2.60. The van der Waals surface area contributed by atoms with Crippen LogP contribution in [0.1, 0.15) is 18.2 Å². The Morgan fingerprint density at radius 2 is 2.20 bits per heavy atom. The number of rotatable bonds is 10. The van der Waals surface area contributed by atoms with E-state index in [0.29, 0.717) is 30.3 Å². The van der Waals surface area contributed by atoms with Gasteiger partial charge in [-0.3, -0.25) is 4.79 Å². The lowest BCUT2D eigenvalue weighted by Crippen LogP contribution is -2.31. The number of hydrogen-bond donors (Lipinski definition) is 1. The number of hydrogen-bond acceptors (Lipinski definition) is 6. The minimum atomic E-state index is -3.80. The van der Waals surface area contributed by atoms with Gasteiger partial charge < -0.3 is 9.47 Å². The Hall–Kier alpha value is -2.14. The van der Waals surface area contributed by atoms with Crippen molar-refractivity contribution < 1.29 is 13.2 Å². The molecular formula is C20H24N4O3S3.